The van der Waals surface area contributed by atoms with E-state index in [1.165, 1.54) is 19.1 Å². The molecule has 1 fully saturated rings. The molecular formula is C14H17ClN2O5. The van der Waals surface area contributed by atoms with Crippen molar-refractivity contribution in [3.8, 4) is 11.5 Å². The van der Waals surface area contributed by atoms with E-state index in [0.717, 1.165) is 0 Å². The van der Waals surface area contributed by atoms with Gasteiger partial charge in [0.1, 0.15) is 11.5 Å². The first-order valence-electron chi connectivity index (χ1n) is 6.66. The molecule has 120 valence electrons. The third-order valence-corrected chi connectivity index (χ3v) is 3.84. The van der Waals surface area contributed by atoms with Gasteiger partial charge in [0, 0.05) is 25.2 Å². The Bertz CT molecular complexity index is 593. The van der Waals surface area contributed by atoms with Crippen LogP contribution < -0.4 is 14.8 Å². The zero-order valence-electron chi connectivity index (χ0n) is 12.3. The lowest BCUT2D eigenvalue weighted by atomic mass is 10.1. The lowest BCUT2D eigenvalue weighted by molar-refractivity contribution is -0.141. The van der Waals surface area contributed by atoms with Crippen molar-refractivity contribution < 1.29 is 24.2 Å². The summed E-state index contributed by atoms with van der Waals surface area (Å²) in [6.07, 6.45) is 0.448. The van der Waals surface area contributed by atoms with E-state index in [4.69, 9.17) is 26.2 Å². The minimum Gasteiger partial charge on any atom is -0.495 e. The number of hydrogen-bond donors (Lipinski definition) is 2. The molecule has 1 aliphatic heterocycles. The number of nitrogens with one attached hydrogen (secondary N) is 1. The summed E-state index contributed by atoms with van der Waals surface area (Å²) in [5, 5.41) is 12.0. The van der Waals surface area contributed by atoms with Crippen molar-refractivity contribution in [2.45, 2.75) is 6.42 Å². The number of urea groups is 1. The molecule has 0 aliphatic carbocycles. The maximum Gasteiger partial charge on any atom is 0.321 e. The first kappa shape index (κ1) is 16.2. The van der Waals surface area contributed by atoms with Crippen LogP contribution in [0.15, 0.2) is 12.1 Å². The van der Waals surface area contributed by atoms with Gasteiger partial charge in [-0.2, -0.15) is 0 Å². The molecule has 1 aliphatic rings. The Kier molecular flexibility index (Phi) is 4.97. The van der Waals surface area contributed by atoms with Gasteiger partial charge in [-0.3, -0.25) is 4.79 Å². The average Bonchev–Trinajstić information content (AvgIpc) is 2.98. The van der Waals surface area contributed by atoms with Gasteiger partial charge in [0.05, 0.1) is 30.8 Å². The van der Waals surface area contributed by atoms with Crippen molar-refractivity contribution >= 4 is 29.3 Å². The number of rotatable bonds is 4. The molecule has 1 atom stereocenters. The molecule has 2 N–H and O–H groups in total. The highest BCUT2D eigenvalue weighted by atomic mass is 35.5. The number of carboxylic acid groups (broad SMARTS) is 1. The van der Waals surface area contributed by atoms with Gasteiger partial charge in [-0.05, 0) is 6.42 Å². The minimum absolute atomic E-state index is 0.189. The Morgan fingerprint density at radius 2 is 2.00 bits per heavy atom. The van der Waals surface area contributed by atoms with E-state index in [9.17, 15) is 9.59 Å². The van der Waals surface area contributed by atoms with Crippen LogP contribution in [0.5, 0.6) is 11.5 Å². The Balaban J connectivity index is 2.13. The Labute approximate surface area is 132 Å². The number of carboxylic acids is 1. The lowest BCUT2D eigenvalue weighted by Gasteiger charge is -2.19. The molecular weight excluding hydrogens is 312 g/mol. The third-order valence-electron chi connectivity index (χ3n) is 3.54. The standard InChI is InChI=1S/C14H17ClN2O5/c1-21-11-6-10(12(22-2)5-9(11)15)16-14(20)17-4-3-8(7-17)13(18)19/h5-6,8H,3-4,7H2,1-2H3,(H,16,20)(H,18,19). The molecule has 1 unspecified atom stereocenters. The van der Waals surface area contributed by atoms with Crippen LogP contribution in [0.25, 0.3) is 0 Å². The zero-order valence-corrected chi connectivity index (χ0v) is 13.0. The van der Waals surface area contributed by atoms with Crippen LogP contribution in [-0.4, -0.2) is 49.3 Å². The fourth-order valence-electron chi connectivity index (χ4n) is 2.30. The number of aliphatic carboxylic acids is 1. The fraction of sp³-hybridized carbons (Fsp3) is 0.429. The van der Waals surface area contributed by atoms with Gasteiger partial charge in [-0.25, -0.2) is 4.79 Å². The van der Waals surface area contributed by atoms with E-state index in [1.807, 2.05) is 0 Å². The van der Waals surface area contributed by atoms with Crippen molar-refractivity contribution in [1.29, 1.82) is 0 Å². The van der Waals surface area contributed by atoms with E-state index in [2.05, 4.69) is 5.32 Å². The Morgan fingerprint density at radius 3 is 2.55 bits per heavy atom. The second-order valence-corrected chi connectivity index (χ2v) is 5.29. The summed E-state index contributed by atoms with van der Waals surface area (Å²) in [6.45, 7) is 0.587. The molecule has 0 saturated carbocycles. The number of carbonyl (C=O) groups excluding carboxylic acids is 1. The van der Waals surface area contributed by atoms with Crippen molar-refractivity contribution in [1.82, 2.24) is 4.90 Å². The molecule has 2 amide bonds. The average molecular weight is 329 g/mol. The van der Waals surface area contributed by atoms with Gasteiger partial charge in [0.2, 0.25) is 0 Å². The lowest BCUT2D eigenvalue weighted by Crippen LogP contribution is -2.33. The summed E-state index contributed by atoms with van der Waals surface area (Å²) in [6, 6.07) is 2.72. The molecule has 0 aromatic heterocycles. The summed E-state index contributed by atoms with van der Waals surface area (Å²) >= 11 is 6.00. The quantitative estimate of drug-likeness (QED) is 0.885. The number of carbonyl (C=O) groups is 2. The smallest absolute Gasteiger partial charge is 0.321 e. The van der Waals surface area contributed by atoms with Crippen molar-refractivity contribution in [2.24, 2.45) is 5.92 Å². The SMILES string of the molecule is COc1cc(NC(=O)N2CCC(C(=O)O)C2)c(OC)cc1Cl. The van der Waals surface area contributed by atoms with Crippen LogP contribution in [-0.2, 0) is 4.79 Å². The highest BCUT2D eigenvalue weighted by Gasteiger charge is 2.31. The summed E-state index contributed by atoms with van der Waals surface area (Å²) < 4.78 is 10.3. The largest absolute Gasteiger partial charge is 0.495 e. The monoisotopic (exact) mass is 328 g/mol. The van der Waals surface area contributed by atoms with E-state index in [1.54, 1.807) is 12.1 Å². The highest BCUT2D eigenvalue weighted by Crippen LogP contribution is 2.36. The highest BCUT2D eigenvalue weighted by molar-refractivity contribution is 6.32. The number of amides is 2. The summed E-state index contributed by atoms with van der Waals surface area (Å²) in [7, 11) is 2.93. The predicted molar refractivity (Wildman–Crippen MR) is 80.9 cm³/mol. The van der Waals surface area contributed by atoms with Crippen LogP contribution >= 0.6 is 11.6 Å². The number of ether oxygens (including phenoxy) is 2. The molecule has 8 heteroatoms. The molecule has 1 heterocycles. The van der Waals surface area contributed by atoms with Crippen LogP contribution in [0.1, 0.15) is 6.42 Å². The number of likely N-dealkylation sites (tertiary alicyclic amines) is 1. The molecule has 0 radical (unpaired) electrons. The van der Waals surface area contributed by atoms with E-state index < -0.39 is 11.9 Å². The molecule has 1 saturated heterocycles. The van der Waals surface area contributed by atoms with E-state index in [-0.39, 0.29) is 12.6 Å². The summed E-state index contributed by atoms with van der Waals surface area (Å²) in [5.74, 6) is -0.607. The van der Waals surface area contributed by atoms with Gasteiger partial charge < -0.3 is 24.8 Å². The van der Waals surface area contributed by atoms with Crippen LogP contribution in [0.2, 0.25) is 5.02 Å². The Morgan fingerprint density at radius 1 is 1.32 bits per heavy atom. The van der Waals surface area contributed by atoms with E-state index in [0.29, 0.717) is 35.2 Å². The topological polar surface area (TPSA) is 88.1 Å². The second-order valence-electron chi connectivity index (χ2n) is 4.89. The van der Waals surface area contributed by atoms with Crippen LogP contribution in [0.3, 0.4) is 0 Å². The number of benzene rings is 1. The third kappa shape index (κ3) is 3.36. The maximum absolute atomic E-state index is 12.2. The molecule has 0 bridgehead atoms. The number of halogens is 1. The number of methoxy groups -OCH3 is 2. The van der Waals surface area contributed by atoms with Gasteiger partial charge in [0.15, 0.2) is 0 Å². The maximum atomic E-state index is 12.2. The minimum atomic E-state index is -0.888. The van der Waals surface area contributed by atoms with E-state index >= 15 is 0 Å². The molecule has 7 nitrogen and oxygen atoms in total. The van der Waals surface area contributed by atoms with Crippen LogP contribution in [0.4, 0.5) is 10.5 Å². The molecule has 0 spiro atoms. The van der Waals surface area contributed by atoms with Crippen LogP contribution in [0, 0.1) is 5.92 Å². The molecule has 22 heavy (non-hydrogen) atoms. The fourth-order valence-corrected chi connectivity index (χ4v) is 2.53. The first-order valence-corrected chi connectivity index (χ1v) is 7.04. The molecule has 2 rings (SSSR count). The predicted octanol–water partition coefficient (Wildman–Crippen LogP) is 2.30. The van der Waals surface area contributed by atoms with Gasteiger partial charge in [-0.15, -0.1) is 0 Å². The summed E-state index contributed by atoms with van der Waals surface area (Å²) in [5.41, 5.74) is 0.410. The number of anilines is 1. The Hall–Kier alpha value is -2.15. The molecule has 1 aromatic carbocycles. The number of hydrogen-bond acceptors (Lipinski definition) is 4. The van der Waals surface area contributed by atoms with Gasteiger partial charge >= 0.3 is 12.0 Å². The number of nitrogens with zero attached hydrogens (tertiary/aromatic N) is 1. The summed E-state index contributed by atoms with van der Waals surface area (Å²) in [4.78, 5) is 24.6. The normalized spacial score (nSPS) is 17.2. The first-order chi connectivity index (χ1) is 10.5. The van der Waals surface area contributed by atoms with Gasteiger partial charge in [-0.1, -0.05) is 11.6 Å². The van der Waals surface area contributed by atoms with Crippen molar-refractivity contribution in [3.05, 3.63) is 17.2 Å². The zero-order chi connectivity index (χ0) is 16.3. The molecule has 1 aromatic rings. The van der Waals surface area contributed by atoms with Crippen molar-refractivity contribution in [2.75, 3.05) is 32.6 Å². The van der Waals surface area contributed by atoms with Crippen molar-refractivity contribution in [3.63, 3.8) is 0 Å². The van der Waals surface area contributed by atoms with Gasteiger partial charge in [0.25, 0.3) is 0 Å². The second kappa shape index (κ2) is 6.74.